The fourth-order valence-electron chi connectivity index (χ4n) is 3.25. The number of hydrogen-bond donors (Lipinski definition) is 5. The molecule has 11 nitrogen and oxygen atoms in total. The van der Waals surface area contributed by atoms with Crippen molar-refractivity contribution < 1.29 is 44.0 Å². The van der Waals surface area contributed by atoms with E-state index in [1.54, 1.807) is 0 Å². The Hall–Kier alpha value is -2.85. The van der Waals surface area contributed by atoms with Gasteiger partial charge in [-0.1, -0.05) is 64.7 Å². The third-order valence-corrected chi connectivity index (χ3v) is 5.25. The number of unbranched alkanes of at least 4 members (excludes halogenated alkanes) is 9. The van der Waals surface area contributed by atoms with Crippen LogP contribution in [0.15, 0.2) is 0 Å². The highest BCUT2D eigenvalue weighted by Gasteiger charge is 2.25. The molecule has 0 unspecified atom stereocenters. The van der Waals surface area contributed by atoms with Crippen molar-refractivity contribution >= 4 is 29.9 Å². The number of urea groups is 1. The van der Waals surface area contributed by atoms with Gasteiger partial charge >= 0.3 is 29.9 Å². The van der Waals surface area contributed by atoms with Crippen molar-refractivity contribution in [3.05, 3.63) is 0 Å². The number of carboxylic acids is 3. The maximum absolute atomic E-state index is 11.9. The molecular weight excluding hydrogens is 448 g/mol. The Morgan fingerprint density at radius 2 is 1.12 bits per heavy atom. The van der Waals surface area contributed by atoms with Crippen molar-refractivity contribution in [3.8, 4) is 0 Å². The molecular formula is C23H40N2O9. The van der Waals surface area contributed by atoms with Crippen LogP contribution in [-0.2, 0) is 23.9 Å². The lowest BCUT2D eigenvalue weighted by Gasteiger charge is -2.18. The van der Waals surface area contributed by atoms with E-state index in [4.69, 9.17) is 14.9 Å². The summed E-state index contributed by atoms with van der Waals surface area (Å²) >= 11 is 0. The summed E-state index contributed by atoms with van der Waals surface area (Å²) in [6.07, 6.45) is 10.2. The van der Waals surface area contributed by atoms with Gasteiger partial charge in [-0.2, -0.15) is 0 Å². The third kappa shape index (κ3) is 17.7. The summed E-state index contributed by atoms with van der Waals surface area (Å²) < 4.78 is 5.11. The third-order valence-electron chi connectivity index (χ3n) is 5.25. The van der Waals surface area contributed by atoms with Crippen LogP contribution in [0, 0.1) is 0 Å². The monoisotopic (exact) mass is 488 g/mol. The molecule has 5 N–H and O–H groups in total. The summed E-state index contributed by atoms with van der Waals surface area (Å²) in [5.74, 6) is -4.64. The topological polar surface area (TPSA) is 179 Å². The smallest absolute Gasteiger partial charge is 0.326 e. The van der Waals surface area contributed by atoms with Gasteiger partial charge < -0.3 is 30.7 Å². The Bertz CT molecular complexity index is 640. The summed E-state index contributed by atoms with van der Waals surface area (Å²) in [6.45, 7) is 2.45. The number of carbonyl (C=O) groups is 5. The molecule has 0 fully saturated rings. The lowest BCUT2D eigenvalue weighted by atomic mass is 10.1. The Morgan fingerprint density at radius 1 is 0.676 bits per heavy atom. The number of esters is 1. The predicted octanol–water partition coefficient (Wildman–Crippen LogP) is 3.30. The lowest BCUT2D eigenvalue weighted by Crippen LogP contribution is -2.51. The summed E-state index contributed by atoms with van der Waals surface area (Å²) in [5, 5.41) is 31.0. The lowest BCUT2D eigenvalue weighted by molar-refractivity contribution is -0.145. The van der Waals surface area contributed by atoms with Crippen LogP contribution >= 0.6 is 0 Å². The summed E-state index contributed by atoms with van der Waals surface area (Å²) in [4.78, 5) is 56.8. The first-order valence-corrected chi connectivity index (χ1v) is 12.1. The van der Waals surface area contributed by atoms with Crippen LogP contribution in [-0.4, -0.2) is 63.9 Å². The molecule has 0 rings (SSSR count). The van der Waals surface area contributed by atoms with E-state index < -0.39 is 48.4 Å². The van der Waals surface area contributed by atoms with Gasteiger partial charge in [-0.15, -0.1) is 0 Å². The standard InChI is InChI=1S/C23H40N2O9/c1-2-3-4-5-6-7-8-9-10-11-16-34-20(28)15-13-18(22(31)32)25-23(33)24-17(21(29)30)12-14-19(26)27/h17-18H,2-16H2,1H3,(H,26,27)(H,29,30)(H,31,32)(H2,24,25,33)/t17-,18-/m0/s1. The summed E-state index contributed by atoms with van der Waals surface area (Å²) in [5.41, 5.74) is 0. The molecule has 0 spiro atoms. The van der Waals surface area contributed by atoms with Gasteiger partial charge in [0.15, 0.2) is 0 Å². The molecule has 0 aliphatic rings. The molecule has 0 radical (unpaired) electrons. The Kier molecular flexibility index (Phi) is 18.0. The minimum Gasteiger partial charge on any atom is -0.481 e. The van der Waals surface area contributed by atoms with Crippen molar-refractivity contribution in [1.29, 1.82) is 0 Å². The molecule has 11 heteroatoms. The largest absolute Gasteiger partial charge is 0.481 e. The molecule has 0 bridgehead atoms. The van der Waals surface area contributed by atoms with E-state index in [0.29, 0.717) is 0 Å². The SMILES string of the molecule is CCCCCCCCCCCCOC(=O)CC[C@H](NC(=O)N[C@@H](CCC(=O)O)C(=O)O)C(=O)O. The summed E-state index contributed by atoms with van der Waals surface area (Å²) in [7, 11) is 0. The minimum absolute atomic E-state index is 0.226. The number of nitrogens with one attached hydrogen (secondary N) is 2. The van der Waals surface area contributed by atoms with Crippen LogP contribution in [0.2, 0.25) is 0 Å². The van der Waals surface area contributed by atoms with Gasteiger partial charge in [0.05, 0.1) is 6.61 Å². The van der Waals surface area contributed by atoms with E-state index in [-0.39, 0.29) is 25.9 Å². The first-order chi connectivity index (χ1) is 16.2. The quantitative estimate of drug-likeness (QED) is 0.120. The number of carboxylic acid groups (broad SMARTS) is 3. The molecule has 34 heavy (non-hydrogen) atoms. The van der Waals surface area contributed by atoms with E-state index in [9.17, 15) is 29.1 Å². The number of carbonyl (C=O) groups excluding carboxylic acids is 2. The number of aliphatic carboxylic acids is 3. The molecule has 0 aromatic rings. The molecule has 196 valence electrons. The van der Waals surface area contributed by atoms with Gasteiger partial charge in [0.2, 0.25) is 0 Å². The van der Waals surface area contributed by atoms with E-state index in [0.717, 1.165) is 25.7 Å². The first kappa shape index (κ1) is 31.1. The van der Waals surface area contributed by atoms with Crippen molar-refractivity contribution in [2.75, 3.05) is 6.61 Å². The van der Waals surface area contributed by atoms with Crippen molar-refractivity contribution in [2.24, 2.45) is 0 Å². The average molecular weight is 489 g/mol. The van der Waals surface area contributed by atoms with E-state index in [2.05, 4.69) is 12.2 Å². The van der Waals surface area contributed by atoms with Crippen molar-refractivity contribution in [2.45, 2.75) is 109 Å². The fourth-order valence-corrected chi connectivity index (χ4v) is 3.25. The van der Waals surface area contributed by atoms with Gasteiger partial charge in [0.1, 0.15) is 12.1 Å². The van der Waals surface area contributed by atoms with Gasteiger partial charge in [0.25, 0.3) is 0 Å². The van der Waals surface area contributed by atoms with Crippen molar-refractivity contribution in [1.82, 2.24) is 10.6 Å². The molecule has 0 aromatic heterocycles. The highest BCUT2D eigenvalue weighted by atomic mass is 16.5. The van der Waals surface area contributed by atoms with Crippen molar-refractivity contribution in [3.63, 3.8) is 0 Å². The zero-order chi connectivity index (χ0) is 25.8. The first-order valence-electron chi connectivity index (χ1n) is 12.1. The van der Waals surface area contributed by atoms with Gasteiger partial charge in [-0.3, -0.25) is 9.59 Å². The second kappa shape index (κ2) is 19.6. The Labute approximate surface area is 200 Å². The van der Waals surface area contributed by atoms with Gasteiger partial charge in [0, 0.05) is 12.8 Å². The van der Waals surface area contributed by atoms with Crippen LogP contribution in [0.25, 0.3) is 0 Å². The molecule has 0 aliphatic heterocycles. The fraction of sp³-hybridized carbons (Fsp3) is 0.783. The number of amides is 2. The van der Waals surface area contributed by atoms with E-state index in [1.165, 1.54) is 38.5 Å². The second-order valence-corrected chi connectivity index (χ2v) is 8.27. The maximum Gasteiger partial charge on any atom is 0.326 e. The number of rotatable bonds is 21. The minimum atomic E-state index is -1.49. The van der Waals surface area contributed by atoms with Crippen LogP contribution in [0.4, 0.5) is 4.79 Å². The normalized spacial score (nSPS) is 12.4. The highest BCUT2D eigenvalue weighted by Crippen LogP contribution is 2.11. The maximum atomic E-state index is 11.9. The molecule has 0 aliphatic carbocycles. The van der Waals surface area contributed by atoms with Crippen LogP contribution in [0.5, 0.6) is 0 Å². The van der Waals surface area contributed by atoms with Crippen LogP contribution in [0.3, 0.4) is 0 Å². The number of hydrogen-bond acceptors (Lipinski definition) is 6. The molecule has 0 saturated heterocycles. The molecule has 0 aromatic carbocycles. The second-order valence-electron chi connectivity index (χ2n) is 8.27. The molecule has 0 heterocycles. The predicted molar refractivity (Wildman–Crippen MR) is 123 cm³/mol. The highest BCUT2D eigenvalue weighted by molar-refractivity contribution is 5.86. The van der Waals surface area contributed by atoms with E-state index in [1.807, 2.05) is 5.32 Å². The van der Waals surface area contributed by atoms with Crippen LogP contribution in [0.1, 0.15) is 96.8 Å². The van der Waals surface area contributed by atoms with E-state index >= 15 is 0 Å². The van der Waals surface area contributed by atoms with Gasteiger partial charge in [-0.25, -0.2) is 14.4 Å². The summed E-state index contributed by atoms with van der Waals surface area (Å²) in [6, 6.07) is -4.00. The Morgan fingerprint density at radius 3 is 1.56 bits per heavy atom. The molecule has 2 atom stereocenters. The zero-order valence-corrected chi connectivity index (χ0v) is 20.1. The Balaban J connectivity index is 4.09. The zero-order valence-electron chi connectivity index (χ0n) is 20.1. The molecule has 2 amide bonds. The molecule has 0 saturated carbocycles. The number of ether oxygens (including phenoxy) is 1. The average Bonchev–Trinajstić information content (AvgIpc) is 2.77. The van der Waals surface area contributed by atoms with Gasteiger partial charge in [-0.05, 0) is 19.3 Å². The van der Waals surface area contributed by atoms with Crippen LogP contribution < -0.4 is 10.6 Å².